The largest absolute Gasteiger partial charge is 0.496 e. The number of carbonyl (C=O) groups excluding carboxylic acids is 2. The Hall–Kier alpha value is -3.59. The number of nitrogens with zero attached hydrogens (tertiary/aromatic N) is 1. The third-order valence-electron chi connectivity index (χ3n) is 3.93. The van der Waals surface area contributed by atoms with Crippen LogP contribution in [0.1, 0.15) is 10.4 Å². The minimum absolute atomic E-state index is 0.118. The molecule has 1 heterocycles. The van der Waals surface area contributed by atoms with Crippen molar-refractivity contribution in [2.45, 2.75) is 0 Å². The number of halogens is 1. The molecule has 0 aliphatic rings. The molecule has 0 unspecified atom stereocenters. The smallest absolute Gasteiger partial charge is 0.326 e. The van der Waals surface area contributed by atoms with E-state index in [-0.39, 0.29) is 17.1 Å². The van der Waals surface area contributed by atoms with E-state index in [2.05, 4.69) is 31.5 Å². The molecular formula is C21H18BrN3O5. The molecule has 0 aliphatic heterocycles. The van der Waals surface area contributed by atoms with Crippen LogP contribution in [0, 0.1) is 0 Å². The molecule has 3 aromatic rings. The van der Waals surface area contributed by atoms with Crippen LogP contribution < -0.4 is 24.8 Å². The van der Waals surface area contributed by atoms with Crippen molar-refractivity contribution >= 4 is 33.6 Å². The Morgan fingerprint density at radius 3 is 2.17 bits per heavy atom. The van der Waals surface area contributed by atoms with Crippen LogP contribution in [0.4, 0.5) is 10.5 Å². The minimum atomic E-state index is -0.728. The first-order valence-electron chi connectivity index (χ1n) is 8.73. The van der Waals surface area contributed by atoms with Gasteiger partial charge in [0.25, 0.3) is 5.91 Å². The zero-order valence-corrected chi connectivity index (χ0v) is 17.7. The summed E-state index contributed by atoms with van der Waals surface area (Å²) in [6.07, 6.45) is 1.42. The molecular weight excluding hydrogens is 454 g/mol. The predicted octanol–water partition coefficient (Wildman–Crippen LogP) is 4.62. The molecule has 30 heavy (non-hydrogen) atoms. The molecule has 3 amide bonds. The van der Waals surface area contributed by atoms with E-state index >= 15 is 0 Å². The molecule has 0 spiro atoms. The highest BCUT2D eigenvalue weighted by Crippen LogP contribution is 2.29. The van der Waals surface area contributed by atoms with Gasteiger partial charge in [0.05, 0.1) is 30.6 Å². The van der Waals surface area contributed by atoms with Gasteiger partial charge in [0, 0.05) is 6.07 Å². The summed E-state index contributed by atoms with van der Waals surface area (Å²) in [5, 5.41) is 4.78. The lowest BCUT2D eigenvalue weighted by molar-refractivity contribution is 0.0961. The second kappa shape index (κ2) is 9.75. The van der Waals surface area contributed by atoms with Crippen LogP contribution in [-0.2, 0) is 0 Å². The van der Waals surface area contributed by atoms with Crippen molar-refractivity contribution in [3.05, 3.63) is 70.8 Å². The molecule has 0 saturated carbocycles. The molecule has 0 aliphatic carbocycles. The lowest BCUT2D eigenvalue weighted by Crippen LogP contribution is -2.34. The van der Waals surface area contributed by atoms with Gasteiger partial charge in [-0.3, -0.25) is 10.1 Å². The number of urea groups is 1. The Morgan fingerprint density at radius 2 is 1.57 bits per heavy atom. The predicted molar refractivity (Wildman–Crippen MR) is 114 cm³/mol. The van der Waals surface area contributed by atoms with Gasteiger partial charge >= 0.3 is 6.03 Å². The molecule has 2 N–H and O–H groups in total. The number of para-hydroxylation sites is 1. The summed E-state index contributed by atoms with van der Waals surface area (Å²) < 4.78 is 16.8. The number of hydrogen-bond acceptors (Lipinski definition) is 6. The number of rotatable bonds is 6. The highest BCUT2D eigenvalue weighted by atomic mass is 79.9. The van der Waals surface area contributed by atoms with Gasteiger partial charge in [0.2, 0.25) is 5.88 Å². The van der Waals surface area contributed by atoms with Crippen LogP contribution in [0.25, 0.3) is 0 Å². The van der Waals surface area contributed by atoms with E-state index in [9.17, 15) is 9.59 Å². The second-order valence-corrected chi connectivity index (χ2v) is 6.72. The van der Waals surface area contributed by atoms with E-state index < -0.39 is 11.9 Å². The van der Waals surface area contributed by atoms with Gasteiger partial charge in [-0.05, 0) is 46.3 Å². The number of nitrogens with one attached hydrogen (secondary N) is 2. The molecule has 0 radical (unpaired) electrons. The van der Waals surface area contributed by atoms with Gasteiger partial charge in [-0.2, -0.15) is 0 Å². The quantitative estimate of drug-likeness (QED) is 0.544. The number of aromatic nitrogens is 1. The molecule has 0 bridgehead atoms. The van der Waals surface area contributed by atoms with Crippen molar-refractivity contribution in [3.8, 4) is 23.1 Å². The third-order valence-corrected chi connectivity index (χ3v) is 4.58. The van der Waals surface area contributed by atoms with E-state index in [1.807, 2.05) is 18.2 Å². The highest BCUT2D eigenvalue weighted by Gasteiger charge is 2.20. The third kappa shape index (κ3) is 5.06. The summed E-state index contributed by atoms with van der Waals surface area (Å²) in [7, 11) is 2.85. The Labute approximate surface area is 181 Å². The maximum atomic E-state index is 12.5. The van der Waals surface area contributed by atoms with Gasteiger partial charge < -0.3 is 19.5 Å². The summed E-state index contributed by atoms with van der Waals surface area (Å²) in [6.45, 7) is 0. The SMILES string of the molecule is COc1cccc(OC)c1C(=O)NC(=O)Nc1ccc(Oc2ccccc2Br)nc1. The summed E-state index contributed by atoms with van der Waals surface area (Å²) in [5.74, 6) is 0.871. The molecule has 154 valence electrons. The van der Waals surface area contributed by atoms with Crippen LogP contribution in [-0.4, -0.2) is 31.1 Å². The van der Waals surface area contributed by atoms with E-state index in [1.54, 1.807) is 36.4 Å². The van der Waals surface area contributed by atoms with Crippen LogP contribution >= 0.6 is 15.9 Å². The standard InChI is InChI=1S/C21H18BrN3O5/c1-28-16-8-5-9-17(29-2)19(16)20(26)25-21(27)24-13-10-11-18(23-12-13)30-15-7-4-3-6-14(15)22/h3-12H,1-2H3,(H2,24,25,26,27). The van der Waals surface area contributed by atoms with Crippen LogP contribution in [0.5, 0.6) is 23.1 Å². The number of hydrogen-bond donors (Lipinski definition) is 2. The van der Waals surface area contributed by atoms with Crippen LogP contribution in [0.3, 0.4) is 0 Å². The maximum Gasteiger partial charge on any atom is 0.326 e. The summed E-state index contributed by atoms with van der Waals surface area (Å²) in [4.78, 5) is 28.9. The average Bonchev–Trinajstić information content (AvgIpc) is 2.75. The molecule has 1 aromatic heterocycles. The van der Waals surface area contributed by atoms with Gasteiger partial charge in [0.1, 0.15) is 22.8 Å². The minimum Gasteiger partial charge on any atom is -0.496 e. The summed E-state index contributed by atoms with van der Waals surface area (Å²) >= 11 is 3.40. The van der Waals surface area contributed by atoms with Crippen LogP contribution in [0.15, 0.2) is 65.3 Å². The first-order valence-corrected chi connectivity index (χ1v) is 9.53. The molecule has 0 fully saturated rings. The topological polar surface area (TPSA) is 98.8 Å². The first-order chi connectivity index (χ1) is 14.5. The van der Waals surface area contributed by atoms with Gasteiger partial charge in [-0.1, -0.05) is 18.2 Å². The number of imide groups is 1. The zero-order valence-electron chi connectivity index (χ0n) is 16.1. The van der Waals surface area contributed by atoms with Crippen molar-refractivity contribution in [1.82, 2.24) is 10.3 Å². The number of pyridine rings is 1. The average molecular weight is 472 g/mol. The summed E-state index contributed by atoms with van der Waals surface area (Å²) in [5.41, 5.74) is 0.500. The number of benzene rings is 2. The Balaban J connectivity index is 1.64. The van der Waals surface area contributed by atoms with Crippen molar-refractivity contribution < 1.29 is 23.8 Å². The Morgan fingerprint density at radius 1 is 0.900 bits per heavy atom. The molecule has 3 rings (SSSR count). The number of methoxy groups -OCH3 is 2. The fourth-order valence-corrected chi connectivity index (χ4v) is 2.92. The molecule has 9 heteroatoms. The van der Waals surface area contributed by atoms with E-state index in [4.69, 9.17) is 14.2 Å². The van der Waals surface area contributed by atoms with Crippen molar-refractivity contribution in [2.75, 3.05) is 19.5 Å². The van der Waals surface area contributed by atoms with Gasteiger partial charge in [-0.15, -0.1) is 0 Å². The lowest BCUT2D eigenvalue weighted by atomic mass is 10.1. The maximum absolute atomic E-state index is 12.5. The highest BCUT2D eigenvalue weighted by molar-refractivity contribution is 9.10. The number of ether oxygens (including phenoxy) is 3. The van der Waals surface area contributed by atoms with Crippen LogP contribution in [0.2, 0.25) is 0 Å². The zero-order chi connectivity index (χ0) is 21.5. The van der Waals surface area contributed by atoms with Crippen molar-refractivity contribution in [1.29, 1.82) is 0 Å². The molecule has 2 aromatic carbocycles. The monoisotopic (exact) mass is 471 g/mol. The Bertz CT molecular complexity index is 1030. The normalized spacial score (nSPS) is 10.1. The molecule has 0 atom stereocenters. The molecule has 0 saturated heterocycles. The molecule has 8 nitrogen and oxygen atoms in total. The van der Waals surface area contributed by atoms with Gasteiger partial charge in [-0.25, -0.2) is 9.78 Å². The number of amides is 3. The number of carbonyl (C=O) groups is 2. The van der Waals surface area contributed by atoms with E-state index in [0.29, 0.717) is 17.3 Å². The first kappa shape index (κ1) is 21.1. The summed E-state index contributed by atoms with van der Waals surface area (Å²) in [6, 6.07) is 14.7. The fraction of sp³-hybridized carbons (Fsp3) is 0.0952. The lowest BCUT2D eigenvalue weighted by Gasteiger charge is -2.13. The Kier molecular flexibility index (Phi) is 6.87. The second-order valence-electron chi connectivity index (χ2n) is 5.86. The van der Waals surface area contributed by atoms with E-state index in [0.717, 1.165) is 4.47 Å². The van der Waals surface area contributed by atoms with E-state index in [1.165, 1.54) is 20.4 Å². The fourth-order valence-electron chi connectivity index (χ4n) is 2.56. The van der Waals surface area contributed by atoms with Crippen molar-refractivity contribution in [3.63, 3.8) is 0 Å². The van der Waals surface area contributed by atoms with Gasteiger partial charge in [0.15, 0.2) is 0 Å². The number of anilines is 1. The van der Waals surface area contributed by atoms with Crippen molar-refractivity contribution in [2.24, 2.45) is 0 Å².